The number of hydrogen-bond acceptors (Lipinski definition) is 5. The molecular weight excluding hydrogens is 316 g/mol. The third-order valence-electron chi connectivity index (χ3n) is 4.77. The highest BCUT2D eigenvalue weighted by Crippen LogP contribution is 2.28. The van der Waals surface area contributed by atoms with E-state index in [1.165, 1.54) is 0 Å². The second-order valence-corrected chi connectivity index (χ2v) is 6.82. The first kappa shape index (κ1) is 17.1. The Bertz CT molecular complexity index is 510. The van der Waals surface area contributed by atoms with E-state index in [9.17, 15) is 10.2 Å². The minimum absolute atomic E-state index is 0.0403. The summed E-state index contributed by atoms with van der Waals surface area (Å²) in [5.41, 5.74) is 1.12. The topological polar surface area (TPSA) is 65.0 Å². The Labute approximate surface area is 142 Å². The summed E-state index contributed by atoms with van der Waals surface area (Å²) in [6, 6.07) is 7.72. The molecule has 0 spiro atoms. The normalized spacial score (nSPS) is 31.8. The van der Waals surface area contributed by atoms with Crippen molar-refractivity contribution in [1.29, 1.82) is 0 Å². The van der Waals surface area contributed by atoms with Crippen LogP contribution in [0.4, 0.5) is 0 Å². The van der Waals surface area contributed by atoms with Crippen LogP contribution in [0.1, 0.15) is 18.4 Å². The smallest absolute Gasteiger partial charge is 0.109 e. The maximum Gasteiger partial charge on any atom is 0.109 e. The summed E-state index contributed by atoms with van der Waals surface area (Å²) in [5, 5.41) is 24.0. The molecule has 0 amide bonds. The van der Waals surface area contributed by atoms with Crippen molar-refractivity contribution in [2.24, 2.45) is 0 Å². The van der Waals surface area contributed by atoms with Crippen LogP contribution in [-0.2, 0) is 11.3 Å². The summed E-state index contributed by atoms with van der Waals surface area (Å²) in [6.45, 7) is 3.19. The summed E-state index contributed by atoms with van der Waals surface area (Å²) in [6.07, 6.45) is 1.10. The number of aliphatic hydroxyl groups is 2. The van der Waals surface area contributed by atoms with E-state index in [2.05, 4.69) is 10.2 Å². The third-order valence-corrected chi connectivity index (χ3v) is 5.00. The number of rotatable bonds is 6. The summed E-state index contributed by atoms with van der Waals surface area (Å²) in [4.78, 5) is 2.30. The number of likely N-dealkylation sites (tertiary alicyclic amines) is 1. The van der Waals surface area contributed by atoms with E-state index >= 15 is 0 Å². The van der Waals surface area contributed by atoms with Gasteiger partial charge in [-0.05, 0) is 43.6 Å². The molecule has 0 bridgehead atoms. The molecule has 0 unspecified atom stereocenters. The Kier molecular flexibility index (Phi) is 5.91. The van der Waals surface area contributed by atoms with Crippen LogP contribution in [0.15, 0.2) is 24.3 Å². The number of aliphatic hydroxyl groups excluding tert-OH is 2. The van der Waals surface area contributed by atoms with Gasteiger partial charge in [0.05, 0.1) is 18.8 Å². The molecule has 2 heterocycles. The van der Waals surface area contributed by atoms with E-state index in [0.29, 0.717) is 13.1 Å². The van der Waals surface area contributed by atoms with E-state index < -0.39 is 12.2 Å². The van der Waals surface area contributed by atoms with E-state index in [0.717, 1.165) is 36.5 Å². The molecule has 1 aromatic rings. The van der Waals surface area contributed by atoms with Gasteiger partial charge in [-0.1, -0.05) is 23.7 Å². The van der Waals surface area contributed by atoms with E-state index in [-0.39, 0.29) is 18.8 Å². The minimum Gasteiger partial charge on any atom is -0.394 e. The van der Waals surface area contributed by atoms with Gasteiger partial charge in [0.2, 0.25) is 0 Å². The minimum atomic E-state index is -0.629. The van der Waals surface area contributed by atoms with Crippen molar-refractivity contribution < 1.29 is 14.9 Å². The zero-order valence-electron chi connectivity index (χ0n) is 13.2. The van der Waals surface area contributed by atoms with Crippen LogP contribution in [0.2, 0.25) is 5.02 Å². The Morgan fingerprint density at radius 1 is 1.26 bits per heavy atom. The van der Waals surface area contributed by atoms with Crippen molar-refractivity contribution in [1.82, 2.24) is 10.2 Å². The van der Waals surface area contributed by atoms with Crippen molar-refractivity contribution in [3.63, 3.8) is 0 Å². The van der Waals surface area contributed by atoms with Gasteiger partial charge in [0.25, 0.3) is 0 Å². The highest BCUT2D eigenvalue weighted by molar-refractivity contribution is 6.30. The fourth-order valence-corrected chi connectivity index (χ4v) is 3.85. The van der Waals surface area contributed by atoms with Crippen LogP contribution < -0.4 is 5.32 Å². The van der Waals surface area contributed by atoms with Crippen LogP contribution in [0, 0.1) is 0 Å². The molecule has 23 heavy (non-hydrogen) atoms. The van der Waals surface area contributed by atoms with Crippen LogP contribution in [-0.4, -0.2) is 65.7 Å². The summed E-state index contributed by atoms with van der Waals surface area (Å²) in [7, 11) is 0. The first-order valence-electron chi connectivity index (χ1n) is 8.32. The zero-order valence-corrected chi connectivity index (χ0v) is 14.0. The molecule has 0 aromatic heterocycles. The van der Waals surface area contributed by atoms with Crippen LogP contribution >= 0.6 is 11.6 Å². The van der Waals surface area contributed by atoms with Gasteiger partial charge in [0.15, 0.2) is 0 Å². The van der Waals surface area contributed by atoms with Crippen LogP contribution in [0.5, 0.6) is 0 Å². The lowest BCUT2D eigenvalue weighted by Crippen LogP contribution is -2.49. The van der Waals surface area contributed by atoms with Gasteiger partial charge in [-0.25, -0.2) is 0 Å². The Morgan fingerprint density at radius 3 is 2.74 bits per heavy atom. The lowest BCUT2D eigenvalue weighted by molar-refractivity contribution is -0.0213. The predicted molar refractivity (Wildman–Crippen MR) is 89.5 cm³/mol. The van der Waals surface area contributed by atoms with Crippen molar-refractivity contribution in [2.45, 2.75) is 43.7 Å². The molecule has 0 radical (unpaired) electrons. The van der Waals surface area contributed by atoms with Gasteiger partial charge < -0.3 is 20.3 Å². The van der Waals surface area contributed by atoms with Gasteiger partial charge in [-0.3, -0.25) is 4.90 Å². The van der Waals surface area contributed by atoms with Crippen molar-refractivity contribution in [2.75, 3.05) is 26.2 Å². The Balaban J connectivity index is 1.58. The molecule has 2 aliphatic rings. The molecule has 0 aliphatic carbocycles. The predicted octanol–water partition coefficient (Wildman–Crippen LogP) is 1.01. The Hall–Kier alpha value is -0.690. The number of hydrogen-bond donors (Lipinski definition) is 3. The molecular formula is C17H25ClN2O3. The maximum absolute atomic E-state index is 10.5. The molecule has 4 atom stereocenters. The number of ether oxygens (including phenoxy) is 1. The fourth-order valence-electron chi connectivity index (χ4n) is 3.64. The van der Waals surface area contributed by atoms with Gasteiger partial charge in [-0.2, -0.15) is 0 Å². The molecule has 2 aliphatic heterocycles. The molecule has 2 saturated heterocycles. The largest absolute Gasteiger partial charge is 0.394 e. The van der Waals surface area contributed by atoms with Gasteiger partial charge in [-0.15, -0.1) is 0 Å². The highest BCUT2D eigenvalue weighted by atomic mass is 35.5. The summed E-state index contributed by atoms with van der Waals surface area (Å²) < 4.78 is 5.88. The molecule has 3 N–H and O–H groups in total. The first-order valence-corrected chi connectivity index (χ1v) is 8.70. The Morgan fingerprint density at radius 2 is 2.04 bits per heavy atom. The summed E-state index contributed by atoms with van der Waals surface area (Å²) in [5.74, 6) is 0. The average molecular weight is 341 g/mol. The second-order valence-electron chi connectivity index (χ2n) is 6.38. The molecule has 2 fully saturated rings. The molecule has 5 nitrogen and oxygen atoms in total. The van der Waals surface area contributed by atoms with E-state index in [1.807, 2.05) is 24.3 Å². The molecule has 128 valence electrons. The van der Waals surface area contributed by atoms with Gasteiger partial charge in [0, 0.05) is 18.1 Å². The van der Waals surface area contributed by atoms with Crippen LogP contribution in [0.3, 0.4) is 0 Å². The lowest BCUT2D eigenvalue weighted by Gasteiger charge is -2.30. The lowest BCUT2D eigenvalue weighted by atomic mass is 10.0. The third kappa shape index (κ3) is 4.05. The quantitative estimate of drug-likeness (QED) is 0.721. The van der Waals surface area contributed by atoms with E-state index in [1.54, 1.807) is 0 Å². The van der Waals surface area contributed by atoms with Crippen molar-refractivity contribution in [3.8, 4) is 0 Å². The molecule has 1 aromatic carbocycles. The van der Waals surface area contributed by atoms with Gasteiger partial charge in [0.1, 0.15) is 12.2 Å². The number of halogens is 1. The zero-order chi connectivity index (χ0) is 16.2. The maximum atomic E-state index is 10.5. The van der Waals surface area contributed by atoms with Gasteiger partial charge >= 0.3 is 0 Å². The molecule has 6 heteroatoms. The first-order chi connectivity index (χ1) is 11.2. The second kappa shape index (κ2) is 7.92. The SMILES string of the molecule is OC[C@@H]1O[C@H](CNCc2cccc(Cl)c2)[C@H](N2CCCC2)[C@@H]1O. The molecule has 0 saturated carbocycles. The van der Waals surface area contributed by atoms with Crippen molar-refractivity contribution >= 4 is 11.6 Å². The average Bonchev–Trinajstić information content (AvgIpc) is 3.15. The monoisotopic (exact) mass is 340 g/mol. The number of benzene rings is 1. The number of nitrogens with zero attached hydrogens (tertiary/aromatic N) is 1. The van der Waals surface area contributed by atoms with E-state index in [4.69, 9.17) is 16.3 Å². The number of nitrogens with one attached hydrogen (secondary N) is 1. The van der Waals surface area contributed by atoms with Crippen LogP contribution in [0.25, 0.3) is 0 Å². The summed E-state index contributed by atoms with van der Waals surface area (Å²) >= 11 is 6.00. The standard InChI is InChI=1S/C17H25ClN2O3/c18-13-5-3-4-12(8-13)9-19-10-14-16(20-6-1-2-7-20)17(22)15(11-21)23-14/h3-5,8,14-17,19,21-22H,1-2,6-7,9-11H2/t14-,15+,16+,17-/m1/s1. The fraction of sp³-hybridized carbons (Fsp3) is 0.647. The van der Waals surface area contributed by atoms with Crippen molar-refractivity contribution in [3.05, 3.63) is 34.9 Å². The molecule has 3 rings (SSSR count). The highest BCUT2D eigenvalue weighted by Gasteiger charge is 2.46.